The van der Waals surface area contributed by atoms with Crippen molar-refractivity contribution in [1.82, 2.24) is 20.7 Å². The van der Waals surface area contributed by atoms with E-state index in [4.69, 9.17) is 0 Å². The van der Waals surface area contributed by atoms with Crippen molar-refractivity contribution in [2.24, 2.45) is 5.92 Å². The molecule has 9 heteroatoms. The summed E-state index contributed by atoms with van der Waals surface area (Å²) in [5, 5.41) is 2.77. The molecule has 1 spiro atoms. The van der Waals surface area contributed by atoms with Crippen LogP contribution in [0.1, 0.15) is 75.0 Å². The molecular weight excluding hydrogens is 498 g/mol. The van der Waals surface area contributed by atoms with E-state index < -0.39 is 22.9 Å². The molecule has 1 amide bonds. The highest BCUT2D eigenvalue weighted by Crippen LogP contribution is 2.49. The molecule has 3 aliphatic rings. The Morgan fingerprint density at radius 1 is 1.13 bits per heavy atom. The average molecular weight is 538 g/mol. The van der Waals surface area contributed by atoms with Crippen molar-refractivity contribution in [3.63, 3.8) is 0 Å². The highest BCUT2D eigenvalue weighted by molar-refractivity contribution is 7.90. The highest BCUT2D eigenvalue weighted by atomic mass is 32.2. The van der Waals surface area contributed by atoms with Crippen LogP contribution in [-0.4, -0.2) is 52.0 Å². The van der Waals surface area contributed by atoms with Gasteiger partial charge in [0.2, 0.25) is 5.78 Å². The van der Waals surface area contributed by atoms with Gasteiger partial charge in [0.15, 0.2) is 4.90 Å². The number of hydrogen-bond acceptors (Lipinski definition) is 7. The number of carbonyl (C=O) groups excluding carboxylic acids is 2. The first-order chi connectivity index (χ1) is 18.2. The molecule has 0 bridgehead atoms. The lowest BCUT2D eigenvalue weighted by Crippen LogP contribution is -2.53. The first-order valence-electron chi connectivity index (χ1n) is 13.7. The Labute approximate surface area is 228 Å². The van der Waals surface area contributed by atoms with Crippen LogP contribution in [0, 0.1) is 5.92 Å². The molecule has 2 aromatic rings. The van der Waals surface area contributed by atoms with Crippen LogP contribution < -0.4 is 16.2 Å². The third kappa shape index (κ3) is 5.27. The molecule has 1 saturated heterocycles. The van der Waals surface area contributed by atoms with E-state index in [1.807, 2.05) is 0 Å². The van der Waals surface area contributed by atoms with Gasteiger partial charge in [-0.25, -0.2) is 10.4 Å². The van der Waals surface area contributed by atoms with Crippen molar-refractivity contribution in [1.29, 1.82) is 0 Å². The van der Waals surface area contributed by atoms with Crippen LogP contribution in [0.4, 0.5) is 5.82 Å². The van der Waals surface area contributed by atoms with Crippen molar-refractivity contribution in [3.8, 4) is 0 Å². The zero-order valence-electron chi connectivity index (χ0n) is 22.6. The summed E-state index contributed by atoms with van der Waals surface area (Å²) in [5.41, 5.74) is 8.94. The smallest absolute Gasteiger partial charge is 0.292 e. The van der Waals surface area contributed by atoms with Crippen molar-refractivity contribution >= 4 is 28.7 Å². The number of aromatic nitrogens is 1. The second kappa shape index (κ2) is 11.1. The van der Waals surface area contributed by atoms with Gasteiger partial charge >= 0.3 is 0 Å². The number of amides is 1. The van der Waals surface area contributed by atoms with Crippen molar-refractivity contribution in [2.75, 3.05) is 25.7 Å². The van der Waals surface area contributed by atoms with Gasteiger partial charge in [0, 0.05) is 29.8 Å². The number of hydrazine groups is 1. The number of Topliss-reactive ketones (excluding diaryl/α,β-unsaturated/α-hetero) is 1. The van der Waals surface area contributed by atoms with Gasteiger partial charge in [-0.1, -0.05) is 36.8 Å². The fraction of sp³-hybridized carbons (Fsp3) is 0.552. The quantitative estimate of drug-likeness (QED) is 0.347. The minimum Gasteiger partial charge on any atom is -0.612 e. The van der Waals surface area contributed by atoms with Gasteiger partial charge in [0.1, 0.15) is 12.1 Å². The van der Waals surface area contributed by atoms with Gasteiger partial charge < -0.3 is 9.87 Å². The van der Waals surface area contributed by atoms with E-state index >= 15 is 0 Å². The van der Waals surface area contributed by atoms with Crippen LogP contribution in [0.25, 0.3) is 0 Å². The van der Waals surface area contributed by atoms with Crippen molar-refractivity contribution in [2.45, 2.75) is 79.8 Å². The van der Waals surface area contributed by atoms with Gasteiger partial charge in [-0.2, -0.15) is 0 Å². The highest BCUT2D eigenvalue weighted by Gasteiger charge is 2.49. The van der Waals surface area contributed by atoms with Gasteiger partial charge in [0.25, 0.3) is 5.91 Å². The Balaban J connectivity index is 1.34. The molecule has 2 aliphatic carbocycles. The number of nitrogens with zero attached hydrogens (tertiary/aromatic N) is 2. The normalized spacial score (nSPS) is 28.3. The number of nitrogens with one attached hydrogen (secondary N) is 3. The molecule has 3 N–H and O–H groups in total. The van der Waals surface area contributed by atoms with E-state index in [0.29, 0.717) is 22.2 Å². The average Bonchev–Trinajstić information content (AvgIpc) is 3.30. The fourth-order valence-electron chi connectivity index (χ4n) is 6.49. The van der Waals surface area contributed by atoms with Crippen LogP contribution in [-0.2, 0) is 26.3 Å². The molecule has 1 aromatic carbocycles. The predicted octanol–water partition coefficient (Wildman–Crippen LogP) is 3.83. The minimum atomic E-state index is -1.28. The molecule has 1 aromatic heterocycles. The maximum absolute atomic E-state index is 12.8. The summed E-state index contributed by atoms with van der Waals surface area (Å²) < 4.78 is 12.7. The molecule has 8 nitrogen and oxygen atoms in total. The van der Waals surface area contributed by atoms with E-state index in [0.717, 1.165) is 51.4 Å². The van der Waals surface area contributed by atoms with Crippen LogP contribution >= 0.6 is 0 Å². The summed E-state index contributed by atoms with van der Waals surface area (Å²) in [6, 6.07) is 12.3. The number of ketones is 1. The molecule has 204 valence electrons. The lowest BCUT2D eigenvalue weighted by molar-refractivity contribution is -0.135. The molecular formula is C29H39N5O3S. The summed E-state index contributed by atoms with van der Waals surface area (Å²) >= 11 is -1.28. The molecule has 38 heavy (non-hydrogen) atoms. The molecule has 0 radical (unpaired) electrons. The molecule has 5 rings (SSSR count). The standard InChI is InChI=1S/C29H39N5O3S/c1-34(2)29(21-10-5-4-6-11-21)15-13-28(14-16-29)19-22(32-33-28)25-24(38(3)37)12-17-30-26(25)31-27(36)23(35)18-20-8-7-9-20/h4-6,10-12,17,20,22,32-33H,7-9,13-16,18-19H2,1-3H3,(H,30,31,36)/t22-,28?,29?,38?/m0/s1. The lowest BCUT2D eigenvalue weighted by Gasteiger charge is -2.49. The first-order valence-corrected chi connectivity index (χ1v) is 15.2. The second-order valence-electron chi connectivity index (χ2n) is 11.5. The molecule has 2 heterocycles. The van der Waals surface area contributed by atoms with Gasteiger partial charge in [-0.3, -0.25) is 19.9 Å². The Morgan fingerprint density at radius 3 is 2.45 bits per heavy atom. The van der Waals surface area contributed by atoms with Gasteiger partial charge in [-0.15, -0.1) is 0 Å². The number of hydrogen-bond donors (Lipinski definition) is 3. The van der Waals surface area contributed by atoms with E-state index in [2.05, 4.69) is 70.5 Å². The van der Waals surface area contributed by atoms with Crippen LogP contribution in [0.3, 0.4) is 0 Å². The SMILES string of the molecule is CN(C)C1(c2ccccc2)CCC2(CC1)C[C@@H](c1c([S+](C)[O-])ccnc1NC(=O)C(=O)CC1CCC1)NN2. The maximum Gasteiger partial charge on any atom is 0.292 e. The topological polar surface area (TPSA) is 109 Å². The number of benzene rings is 1. The summed E-state index contributed by atoms with van der Waals surface area (Å²) in [4.78, 5) is 32.7. The molecule has 1 unspecified atom stereocenters. The first kappa shape index (κ1) is 27.3. The maximum atomic E-state index is 12.8. The molecule has 2 atom stereocenters. The molecule has 3 fully saturated rings. The number of carbonyl (C=O) groups is 2. The van der Waals surface area contributed by atoms with E-state index in [1.54, 1.807) is 18.5 Å². The number of pyridine rings is 1. The third-order valence-corrected chi connectivity index (χ3v) is 10.1. The Bertz CT molecular complexity index is 1160. The van der Waals surface area contributed by atoms with E-state index in [9.17, 15) is 14.1 Å². The van der Waals surface area contributed by atoms with Crippen LogP contribution in [0.5, 0.6) is 0 Å². The van der Waals surface area contributed by atoms with E-state index in [-0.39, 0.29) is 23.5 Å². The van der Waals surface area contributed by atoms with Gasteiger partial charge in [-0.05, 0) is 81.7 Å². The van der Waals surface area contributed by atoms with E-state index in [1.165, 1.54) is 5.56 Å². The molecule has 1 aliphatic heterocycles. The van der Waals surface area contributed by atoms with Crippen LogP contribution in [0.2, 0.25) is 0 Å². The Kier molecular flexibility index (Phi) is 7.94. The largest absolute Gasteiger partial charge is 0.612 e. The second-order valence-corrected chi connectivity index (χ2v) is 12.9. The van der Waals surface area contributed by atoms with Crippen molar-refractivity contribution < 1.29 is 14.1 Å². The zero-order chi connectivity index (χ0) is 26.9. The summed E-state index contributed by atoms with van der Waals surface area (Å²) in [6.07, 6.45) is 11.3. The third-order valence-electron chi connectivity index (χ3n) is 9.10. The fourth-order valence-corrected chi connectivity index (χ4v) is 7.29. The van der Waals surface area contributed by atoms with Crippen molar-refractivity contribution in [3.05, 3.63) is 53.7 Å². The summed E-state index contributed by atoms with van der Waals surface area (Å²) in [6.45, 7) is 0. The summed E-state index contributed by atoms with van der Waals surface area (Å²) in [5.74, 6) is -0.412. The monoisotopic (exact) mass is 537 g/mol. The lowest BCUT2D eigenvalue weighted by atomic mass is 9.67. The minimum absolute atomic E-state index is 0.0173. The van der Waals surface area contributed by atoms with Gasteiger partial charge in [0.05, 0.1) is 11.6 Å². The zero-order valence-corrected chi connectivity index (χ0v) is 23.4. The summed E-state index contributed by atoms with van der Waals surface area (Å²) in [7, 11) is 4.32. The Hall–Kier alpha value is -2.30. The predicted molar refractivity (Wildman–Crippen MR) is 149 cm³/mol. The van der Waals surface area contributed by atoms with Crippen LogP contribution in [0.15, 0.2) is 47.5 Å². The Morgan fingerprint density at radius 2 is 1.84 bits per heavy atom. The molecule has 2 saturated carbocycles. The number of rotatable bonds is 8. The number of anilines is 1.